The molecule has 0 aromatic carbocycles. The highest BCUT2D eigenvalue weighted by Crippen LogP contribution is 2.21. The van der Waals surface area contributed by atoms with Crippen molar-refractivity contribution < 1.29 is 14.4 Å². The number of aliphatic hydroxyl groups is 1. The van der Waals surface area contributed by atoms with Gasteiger partial charge in [-0.1, -0.05) is 12.1 Å². The second kappa shape index (κ2) is 6.00. The summed E-state index contributed by atoms with van der Waals surface area (Å²) in [4.78, 5) is 16.5. The Morgan fingerprint density at radius 3 is 2.95 bits per heavy atom. The van der Waals surface area contributed by atoms with Crippen molar-refractivity contribution in [2.75, 3.05) is 6.54 Å². The summed E-state index contributed by atoms with van der Waals surface area (Å²) in [6.45, 7) is 5.92. The standard InChI is InChI=1S/C14H19N3O3/c1-4-10(18)5-6-15-13(19)11-7-8(2)16-14-12(11)9(3)17-20-14/h7,10,18H,4-6H2,1-3H3,(H,15,19). The number of rotatable bonds is 5. The maximum Gasteiger partial charge on any atom is 0.258 e. The van der Waals surface area contributed by atoms with Crippen molar-refractivity contribution in [1.29, 1.82) is 0 Å². The van der Waals surface area contributed by atoms with Crippen LogP contribution in [0.1, 0.15) is 41.5 Å². The summed E-state index contributed by atoms with van der Waals surface area (Å²) in [5, 5.41) is 16.8. The topological polar surface area (TPSA) is 88.2 Å². The van der Waals surface area contributed by atoms with E-state index in [4.69, 9.17) is 4.52 Å². The van der Waals surface area contributed by atoms with Gasteiger partial charge in [0, 0.05) is 12.2 Å². The number of nitrogens with one attached hydrogen (secondary N) is 1. The van der Waals surface area contributed by atoms with Crippen LogP contribution in [-0.2, 0) is 0 Å². The van der Waals surface area contributed by atoms with Crippen LogP contribution in [0.5, 0.6) is 0 Å². The van der Waals surface area contributed by atoms with E-state index in [2.05, 4.69) is 15.5 Å². The Balaban J connectivity index is 2.19. The number of fused-ring (bicyclic) bond motifs is 1. The van der Waals surface area contributed by atoms with Gasteiger partial charge in [0.05, 0.1) is 22.7 Å². The maximum atomic E-state index is 12.2. The fourth-order valence-corrected chi connectivity index (χ4v) is 2.05. The van der Waals surface area contributed by atoms with Crippen LogP contribution >= 0.6 is 0 Å². The van der Waals surface area contributed by atoms with Gasteiger partial charge < -0.3 is 14.9 Å². The normalized spacial score (nSPS) is 12.6. The molecule has 2 N–H and O–H groups in total. The first-order valence-corrected chi connectivity index (χ1v) is 6.72. The van der Waals surface area contributed by atoms with Crippen molar-refractivity contribution in [3.63, 3.8) is 0 Å². The molecule has 2 aromatic rings. The minimum Gasteiger partial charge on any atom is -0.393 e. The van der Waals surface area contributed by atoms with E-state index in [1.54, 1.807) is 19.9 Å². The first-order chi connectivity index (χ1) is 9.52. The van der Waals surface area contributed by atoms with Crippen molar-refractivity contribution in [1.82, 2.24) is 15.5 Å². The molecule has 108 valence electrons. The Kier molecular flexibility index (Phi) is 4.34. The van der Waals surface area contributed by atoms with E-state index in [0.717, 1.165) is 0 Å². The molecule has 0 radical (unpaired) electrons. The number of carbonyl (C=O) groups excluding carboxylic acids is 1. The lowest BCUT2D eigenvalue weighted by molar-refractivity contribution is 0.0943. The van der Waals surface area contributed by atoms with Crippen molar-refractivity contribution in [2.24, 2.45) is 0 Å². The fourth-order valence-electron chi connectivity index (χ4n) is 2.05. The van der Waals surface area contributed by atoms with Gasteiger partial charge in [0.2, 0.25) is 0 Å². The van der Waals surface area contributed by atoms with Gasteiger partial charge in [-0.2, -0.15) is 0 Å². The number of aliphatic hydroxyl groups excluding tert-OH is 1. The first-order valence-electron chi connectivity index (χ1n) is 6.72. The third kappa shape index (κ3) is 2.96. The van der Waals surface area contributed by atoms with Gasteiger partial charge in [-0.25, -0.2) is 4.98 Å². The lowest BCUT2D eigenvalue weighted by Crippen LogP contribution is -2.27. The summed E-state index contributed by atoms with van der Waals surface area (Å²) in [5.41, 5.74) is 2.23. The fraction of sp³-hybridized carbons (Fsp3) is 0.500. The molecular weight excluding hydrogens is 258 g/mol. The summed E-state index contributed by atoms with van der Waals surface area (Å²) in [6.07, 6.45) is 0.837. The van der Waals surface area contributed by atoms with Crippen LogP contribution in [-0.4, -0.2) is 33.8 Å². The lowest BCUT2D eigenvalue weighted by Gasteiger charge is -2.09. The molecule has 0 bridgehead atoms. The molecule has 0 aliphatic heterocycles. The molecule has 0 aliphatic carbocycles. The minimum absolute atomic E-state index is 0.199. The molecule has 0 fully saturated rings. The van der Waals surface area contributed by atoms with Gasteiger partial charge in [-0.15, -0.1) is 0 Å². The molecule has 1 atom stereocenters. The van der Waals surface area contributed by atoms with Gasteiger partial charge in [0.15, 0.2) is 0 Å². The van der Waals surface area contributed by atoms with Crippen LogP contribution in [0.2, 0.25) is 0 Å². The highest BCUT2D eigenvalue weighted by atomic mass is 16.5. The maximum absolute atomic E-state index is 12.2. The Morgan fingerprint density at radius 1 is 1.50 bits per heavy atom. The monoisotopic (exact) mass is 277 g/mol. The number of aryl methyl sites for hydroxylation is 2. The SMILES string of the molecule is CCC(O)CCNC(=O)c1cc(C)nc2onc(C)c12. The first kappa shape index (κ1) is 14.5. The van der Waals surface area contributed by atoms with Crippen molar-refractivity contribution in [3.8, 4) is 0 Å². The lowest BCUT2D eigenvalue weighted by atomic mass is 10.1. The zero-order chi connectivity index (χ0) is 14.7. The molecule has 2 heterocycles. The Morgan fingerprint density at radius 2 is 2.25 bits per heavy atom. The van der Waals surface area contributed by atoms with Crippen LogP contribution in [0.4, 0.5) is 0 Å². The smallest absolute Gasteiger partial charge is 0.258 e. The molecule has 20 heavy (non-hydrogen) atoms. The number of pyridine rings is 1. The number of aromatic nitrogens is 2. The number of hydrogen-bond donors (Lipinski definition) is 2. The summed E-state index contributed by atoms with van der Waals surface area (Å²) >= 11 is 0. The van der Waals surface area contributed by atoms with Crippen LogP contribution in [0, 0.1) is 13.8 Å². The summed E-state index contributed by atoms with van der Waals surface area (Å²) in [5.74, 6) is -0.199. The van der Waals surface area contributed by atoms with E-state index in [0.29, 0.717) is 47.4 Å². The van der Waals surface area contributed by atoms with Gasteiger partial charge in [-0.3, -0.25) is 4.79 Å². The third-order valence-electron chi connectivity index (χ3n) is 3.22. The number of carbonyl (C=O) groups is 1. The summed E-state index contributed by atoms with van der Waals surface area (Å²) in [7, 11) is 0. The van der Waals surface area contributed by atoms with Gasteiger partial charge >= 0.3 is 0 Å². The van der Waals surface area contributed by atoms with Crippen molar-refractivity contribution >= 4 is 17.0 Å². The van der Waals surface area contributed by atoms with Crippen molar-refractivity contribution in [3.05, 3.63) is 23.0 Å². The van der Waals surface area contributed by atoms with E-state index in [1.807, 2.05) is 6.92 Å². The largest absolute Gasteiger partial charge is 0.393 e. The predicted molar refractivity (Wildman–Crippen MR) is 74.5 cm³/mol. The molecule has 1 amide bonds. The number of amides is 1. The second-order valence-electron chi connectivity index (χ2n) is 4.87. The molecule has 6 heteroatoms. The van der Waals surface area contributed by atoms with Crippen molar-refractivity contribution in [2.45, 2.75) is 39.7 Å². The van der Waals surface area contributed by atoms with Crippen LogP contribution in [0.3, 0.4) is 0 Å². The highest BCUT2D eigenvalue weighted by Gasteiger charge is 2.17. The van der Waals surface area contributed by atoms with E-state index in [1.165, 1.54) is 0 Å². The average molecular weight is 277 g/mol. The zero-order valence-corrected chi connectivity index (χ0v) is 11.9. The summed E-state index contributed by atoms with van der Waals surface area (Å²) < 4.78 is 5.10. The third-order valence-corrected chi connectivity index (χ3v) is 3.22. The number of nitrogens with zero attached hydrogens (tertiary/aromatic N) is 2. The van der Waals surface area contributed by atoms with E-state index in [-0.39, 0.29) is 12.0 Å². The molecule has 1 unspecified atom stereocenters. The molecule has 2 aromatic heterocycles. The highest BCUT2D eigenvalue weighted by molar-refractivity contribution is 6.05. The molecule has 0 aliphatic rings. The van der Waals surface area contributed by atoms with E-state index >= 15 is 0 Å². The Labute approximate surface area is 117 Å². The predicted octanol–water partition coefficient (Wildman–Crippen LogP) is 1.73. The van der Waals surface area contributed by atoms with Crippen LogP contribution < -0.4 is 5.32 Å². The zero-order valence-electron chi connectivity index (χ0n) is 11.9. The van der Waals surface area contributed by atoms with Crippen LogP contribution in [0.25, 0.3) is 11.1 Å². The Bertz CT molecular complexity index is 621. The average Bonchev–Trinajstić information content (AvgIpc) is 2.78. The Hall–Kier alpha value is -1.95. The summed E-state index contributed by atoms with van der Waals surface area (Å²) in [6, 6.07) is 1.72. The van der Waals surface area contributed by atoms with Gasteiger partial charge in [-0.05, 0) is 32.8 Å². The molecule has 0 saturated carbocycles. The molecule has 6 nitrogen and oxygen atoms in total. The van der Waals surface area contributed by atoms with Gasteiger partial charge in [0.25, 0.3) is 11.6 Å². The number of hydrogen-bond acceptors (Lipinski definition) is 5. The van der Waals surface area contributed by atoms with E-state index < -0.39 is 0 Å². The minimum atomic E-state index is -0.383. The quantitative estimate of drug-likeness (QED) is 0.869. The van der Waals surface area contributed by atoms with E-state index in [9.17, 15) is 9.90 Å². The van der Waals surface area contributed by atoms with Gasteiger partial charge in [0.1, 0.15) is 0 Å². The molecular formula is C14H19N3O3. The molecule has 2 rings (SSSR count). The van der Waals surface area contributed by atoms with Crippen LogP contribution in [0.15, 0.2) is 10.6 Å². The second-order valence-corrected chi connectivity index (χ2v) is 4.87. The molecule has 0 spiro atoms. The molecule has 0 saturated heterocycles.